The lowest BCUT2D eigenvalue weighted by atomic mass is 9.95. The topological polar surface area (TPSA) is 182 Å². The largest absolute Gasteiger partial charge is 0.372 e. The third-order valence-electron chi connectivity index (χ3n) is 12.6. The average Bonchev–Trinajstić information content (AvgIpc) is 3.98. The molecule has 0 spiro atoms. The molecule has 6 aromatic rings. The van der Waals surface area contributed by atoms with Crippen LogP contribution in [0.3, 0.4) is 0 Å². The smallest absolute Gasteiger partial charge is 0.328 e. The van der Waals surface area contributed by atoms with Crippen LogP contribution in [0, 0.1) is 18.7 Å². The number of hydrogen-bond donors (Lipinski definition) is 3. The van der Waals surface area contributed by atoms with E-state index in [0.29, 0.717) is 52.6 Å². The van der Waals surface area contributed by atoms with E-state index in [0.717, 1.165) is 92.7 Å². The third-order valence-corrected chi connectivity index (χ3v) is 12.6. The van der Waals surface area contributed by atoms with Gasteiger partial charge in [0, 0.05) is 86.5 Å². The normalized spacial score (nSPS) is 17.2. The number of fused-ring (bicyclic) bond motifs is 1. The molecule has 3 saturated heterocycles. The van der Waals surface area contributed by atoms with E-state index in [4.69, 9.17) is 9.51 Å². The van der Waals surface area contributed by atoms with Gasteiger partial charge >= 0.3 is 6.03 Å². The molecule has 1 atom stereocenters. The van der Waals surface area contributed by atoms with Gasteiger partial charge in [0.25, 0.3) is 11.7 Å². The van der Waals surface area contributed by atoms with Gasteiger partial charge in [-0.1, -0.05) is 25.9 Å². The Hall–Kier alpha value is -6.75. The lowest BCUT2D eigenvalue weighted by Gasteiger charge is -2.40. The molecule has 3 N–H and O–H groups in total. The van der Waals surface area contributed by atoms with E-state index in [1.165, 1.54) is 12.4 Å². The summed E-state index contributed by atoms with van der Waals surface area (Å²) in [6.07, 6.45) is 5.92. The number of nitrogens with zero attached hydrogens (tertiary/aromatic N) is 9. The number of carbonyl (C=O) groups excluding carboxylic acids is 3. The molecule has 3 aliphatic rings. The Balaban J connectivity index is 0.781. The van der Waals surface area contributed by atoms with Crippen LogP contribution < -0.4 is 25.3 Å². The minimum Gasteiger partial charge on any atom is -0.372 e. The number of rotatable bonds is 10. The van der Waals surface area contributed by atoms with Crippen LogP contribution in [0.15, 0.2) is 71.6 Å². The molecule has 0 saturated carbocycles. The van der Waals surface area contributed by atoms with Gasteiger partial charge in [0.15, 0.2) is 0 Å². The van der Waals surface area contributed by atoms with Gasteiger partial charge in [-0.3, -0.25) is 29.7 Å². The highest BCUT2D eigenvalue weighted by molar-refractivity contribution is 6.05. The predicted octanol–water partition coefficient (Wildman–Crippen LogP) is 6.79. The first-order chi connectivity index (χ1) is 30.8. The van der Waals surface area contributed by atoms with Crippen LogP contribution in [0.4, 0.5) is 26.2 Å². The first-order valence-electron chi connectivity index (χ1n) is 22.0. The highest BCUT2D eigenvalue weighted by Gasteiger charge is 2.28. The van der Waals surface area contributed by atoms with Gasteiger partial charge in [-0.2, -0.15) is 4.98 Å². The predicted molar refractivity (Wildman–Crippen MR) is 242 cm³/mol. The Morgan fingerprint density at radius 3 is 2.31 bits per heavy atom. The van der Waals surface area contributed by atoms with E-state index in [-0.39, 0.29) is 17.8 Å². The second kappa shape index (κ2) is 17.4. The van der Waals surface area contributed by atoms with Crippen molar-refractivity contribution in [2.24, 2.45) is 5.92 Å². The van der Waals surface area contributed by atoms with Gasteiger partial charge in [-0.05, 0) is 98.3 Å². The van der Waals surface area contributed by atoms with Crippen LogP contribution in [0.1, 0.15) is 80.6 Å². The van der Waals surface area contributed by atoms with Gasteiger partial charge in [0.2, 0.25) is 11.8 Å². The molecule has 0 aliphatic carbocycles. The van der Waals surface area contributed by atoms with E-state index >= 15 is 4.39 Å². The van der Waals surface area contributed by atoms with Gasteiger partial charge in [-0.25, -0.2) is 19.2 Å². The fraction of sp³-hybridized carbons (Fsp3) is 0.404. The SMILES string of the molecule is Cc1cc(-c2ncnc3[nH]c(-c4ccc(N5CCN(CC6CCN(c7ccc(N8CCC(=O)NC8=O)cc7)CC6)CC5)cn4)cc23)c(F)cc1C(C)NC(=O)c1noc(C(C)(C)C)n1. The van der Waals surface area contributed by atoms with Gasteiger partial charge < -0.3 is 24.6 Å². The summed E-state index contributed by atoms with van der Waals surface area (Å²) in [5.41, 5.74) is 6.88. The van der Waals surface area contributed by atoms with Crippen LogP contribution in [-0.2, 0) is 10.2 Å². The van der Waals surface area contributed by atoms with Crippen LogP contribution >= 0.6 is 0 Å². The van der Waals surface area contributed by atoms with Crippen molar-refractivity contribution in [1.82, 2.24) is 45.6 Å². The number of aryl methyl sites for hydroxylation is 1. The van der Waals surface area contributed by atoms with E-state index in [2.05, 4.69) is 68.6 Å². The van der Waals surface area contributed by atoms with Crippen molar-refractivity contribution in [3.63, 3.8) is 0 Å². The standard InChI is InChI=1S/C47H53FN12O4/c1-28-22-35(37(48)23-34(28)29(2)52-44(62)43-55-45(64-56-43)47(3,4)5)41-36-24-39(53-42(36)51-27-50-41)38-11-10-33(25-49-38)59-20-18-57(19-21-59)26-30-12-15-58(16-13-30)31-6-8-32(9-7-31)60-17-14-40(61)54-46(60)63/h6-11,22-25,27,29-30H,12-21,26H2,1-5H3,(H,52,62)(H,50,51,53)(H,54,61,63). The van der Waals surface area contributed by atoms with Crippen LogP contribution in [0.5, 0.6) is 0 Å². The van der Waals surface area contributed by atoms with Gasteiger partial charge in [0.05, 0.1) is 35.0 Å². The van der Waals surface area contributed by atoms with Crippen molar-refractivity contribution < 1.29 is 23.3 Å². The summed E-state index contributed by atoms with van der Waals surface area (Å²) in [6.45, 7) is 16.7. The quantitative estimate of drug-likeness (QED) is 0.131. The molecule has 332 valence electrons. The molecule has 2 aromatic carbocycles. The minimum atomic E-state index is -0.531. The number of anilines is 3. The maximum Gasteiger partial charge on any atom is 0.328 e. The van der Waals surface area contributed by atoms with E-state index in [9.17, 15) is 14.4 Å². The molecule has 4 amide bonds. The fourth-order valence-corrected chi connectivity index (χ4v) is 8.91. The van der Waals surface area contributed by atoms with Crippen LogP contribution in [0.25, 0.3) is 33.7 Å². The summed E-state index contributed by atoms with van der Waals surface area (Å²) in [4.78, 5) is 67.1. The van der Waals surface area contributed by atoms with Gasteiger partial charge in [-0.15, -0.1) is 0 Å². The molecule has 4 aromatic heterocycles. The summed E-state index contributed by atoms with van der Waals surface area (Å²) in [7, 11) is 0. The molecule has 9 rings (SSSR count). The second-order valence-electron chi connectivity index (χ2n) is 18.1. The van der Waals surface area contributed by atoms with E-state index in [1.807, 2.05) is 58.2 Å². The summed E-state index contributed by atoms with van der Waals surface area (Å²) >= 11 is 0. The number of H-pyrrole nitrogens is 1. The number of halogens is 1. The number of aromatic amines is 1. The highest BCUT2D eigenvalue weighted by atomic mass is 19.1. The minimum absolute atomic E-state index is 0.0733. The molecule has 16 nitrogen and oxygen atoms in total. The number of nitrogens with one attached hydrogen (secondary N) is 3. The summed E-state index contributed by atoms with van der Waals surface area (Å²) < 4.78 is 21.2. The zero-order valence-electron chi connectivity index (χ0n) is 36.8. The number of pyridine rings is 1. The summed E-state index contributed by atoms with van der Waals surface area (Å²) in [6, 6.07) is 16.4. The van der Waals surface area contributed by atoms with Crippen molar-refractivity contribution in [1.29, 1.82) is 0 Å². The Morgan fingerprint density at radius 1 is 0.906 bits per heavy atom. The molecule has 3 fully saturated rings. The number of benzene rings is 2. The molecule has 3 aliphatic heterocycles. The molecule has 0 bridgehead atoms. The van der Waals surface area contributed by atoms with Crippen molar-refractivity contribution in [3.8, 4) is 22.6 Å². The molecular formula is C47H53FN12O4. The number of piperazine rings is 1. The van der Waals surface area contributed by atoms with Crippen molar-refractivity contribution in [2.75, 3.05) is 67.1 Å². The Morgan fingerprint density at radius 2 is 1.62 bits per heavy atom. The fourth-order valence-electron chi connectivity index (χ4n) is 8.91. The van der Waals surface area contributed by atoms with E-state index < -0.39 is 23.2 Å². The Labute approximate surface area is 370 Å². The number of imide groups is 1. The number of piperidine rings is 1. The number of aromatic nitrogens is 6. The molecular weight excluding hydrogens is 816 g/mol. The highest BCUT2D eigenvalue weighted by Crippen LogP contribution is 2.34. The number of carbonyl (C=O) groups is 3. The molecule has 64 heavy (non-hydrogen) atoms. The summed E-state index contributed by atoms with van der Waals surface area (Å²) in [5.74, 6) is -0.279. The zero-order valence-corrected chi connectivity index (χ0v) is 36.8. The number of urea groups is 1. The first kappa shape index (κ1) is 42.5. The van der Waals surface area contributed by atoms with Gasteiger partial charge in [0.1, 0.15) is 17.8 Å². The average molecular weight is 869 g/mol. The third kappa shape index (κ3) is 8.89. The zero-order chi connectivity index (χ0) is 44.7. The first-order valence-corrected chi connectivity index (χ1v) is 22.0. The second-order valence-corrected chi connectivity index (χ2v) is 18.1. The molecule has 17 heteroatoms. The molecule has 1 unspecified atom stereocenters. The van der Waals surface area contributed by atoms with Crippen molar-refractivity contribution in [3.05, 3.63) is 95.8 Å². The number of amides is 4. The molecule has 0 radical (unpaired) electrons. The Kier molecular flexibility index (Phi) is 11.6. The lowest BCUT2D eigenvalue weighted by molar-refractivity contribution is -0.120. The summed E-state index contributed by atoms with van der Waals surface area (Å²) in [5, 5.41) is 9.75. The Bertz CT molecular complexity index is 2680. The van der Waals surface area contributed by atoms with Crippen LogP contribution in [-0.4, -0.2) is 105 Å². The van der Waals surface area contributed by atoms with Crippen molar-refractivity contribution >= 4 is 45.9 Å². The lowest BCUT2D eigenvalue weighted by Crippen LogP contribution is -2.49. The van der Waals surface area contributed by atoms with Crippen molar-refractivity contribution in [2.45, 2.75) is 65.3 Å². The van der Waals surface area contributed by atoms with E-state index in [1.54, 1.807) is 17.9 Å². The number of hydrogen-bond acceptors (Lipinski definition) is 12. The van der Waals surface area contributed by atoms with Crippen LogP contribution in [0.2, 0.25) is 0 Å². The molecule has 7 heterocycles. The maximum absolute atomic E-state index is 16.0. The monoisotopic (exact) mass is 868 g/mol. The maximum atomic E-state index is 16.0.